The molecular weight excluding hydrogens is 443 g/mol. The topological polar surface area (TPSA) is 59.4 Å². The van der Waals surface area contributed by atoms with Crippen LogP contribution in [0.15, 0.2) is 48.5 Å². The molecule has 1 amide bonds. The summed E-state index contributed by atoms with van der Waals surface area (Å²) in [4.78, 5) is 13.2. The van der Waals surface area contributed by atoms with E-state index < -0.39 is 0 Å². The van der Waals surface area contributed by atoms with Crippen molar-refractivity contribution in [1.29, 1.82) is 0 Å². The average Bonchev–Trinajstić information content (AvgIpc) is 3.23. The van der Waals surface area contributed by atoms with Crippen LogP contribution in [0.3, 0.4) is 0 Å². The van der Waals surface area contributed by atoms with E-state index in [1.807, 2.05) is 23.2 Å². The number of nitrogens with zero attached hydrogens (tertiary/aromatic N) is 3. The summed E-state index contributed by atoms with van der Waals surface area (Å²) < 4.78 is 21.0. The van der Waals surface area contributed by atoms with Crippen LogP contribution in [0.1, 0.15) is 46.6 Å². The predicted octanol–water partition coefficient (Wildman–Crippen LogP) is 4.87. The molecule has 5 rings (SSSR count). The van der Waals surface area contributed by atoms with Crippen LogP contribution in [0.2, 0.25) is 5.02 Å². The van der Waals surface area contributed by atoms with Crippen molar-refractivity contribution in [2.24, 2.45) is 0 Å². The van der Waals surface area contributed by atoms with E-state index in [1.165, 1.54) is 18.6 Å². The summed E-state index contributed by atoms with van der Waals surface area (Å²) in [5.74, 6) is -0.534. The Labute approximate surface area is 196 Å². The second-order valence-corrected chi connectivity index (χ2v) is 8.70. The van der Waals surface area contributed by atoms with Crippen molar-refractivity contribution in [1.82, 2.24) is 20.2 Å². The predicted molar refractivity (Wildman–Crippen MR) is 125 cm³/mol. The zero-order chi connectivity index (χ0) is 22.8. The first-order valence-electron chi connectivity index (χ1n) is 11.1. The van der Waals surface area contributed by atoms with Crippen molar-refractivity contribution in [2.45, 2.75) is 25.9 Å². The number of aromatic nitrogens is 2. The van der Waals surface area contributed by atoms with Gasteiger partial charge in [-0.15, -0.1) is 0 Å². The quantitative estimate of drug-likeness (QED) is 0.596. The minimum Gasteiger partial charge on any atom is -0.372 e. The highest BCUT2D eigenvalue weighted by molar-refractivity contribution is 6.30. The van der Waals surface area contributed by atoms with E-state index in [0.717, 1.165) is 54.0 Å². The zero-order valence-corrected chi connectivity index (χ0v) is 18.8. The molecule has 3 heterocycles. The first-order valence-corrected chi connectivity index (χ1v) is 11.4. The normalized spacial score (nSPS) is 17.7. The molecule has 0 atom stereocenters. The van der Waals surface area contributed by atoms with E-state index in [2.05, 4.69) is 5.43 Å². The highest BCUT2D eigenvalue weighted by Gasteiger charge is 2.30. The molecule has 1 fully saturated rings. The number of ether oxygens (including phenoxy) is 1. The van der Waals surface area contributed by atoms with Crippen LogP contribution in [-0.4, -0.2) is 40.4 Å². The van der Waals surface area contributed by atoms with Crippen molar-refractivity contribution < 1.29 is 13.9 Å². The molecule has 2 aliphatic heterocycles. The number of halogens is 2. The molecule has 33 heavy (non-hydrogen) atoms. The number of amides is 1. The fraction of sp³-hybridized carbons (Fsp3) is 0.280. The molecule has 8 heteroatoms. The highest BCUT2D eigenvalue weighted by Crippen LogP contribution is 2.32. The summed E-state index contributed by atoms with van der Waals surface area (Å²) in [5, 5.41) is 7.29. The molecule has 2 aromatic carbocycles. The molecule has 0 spiro atoms. The Morgan fingerprint density at radius 2 is 1.76 bits per heavy atom. The number of rotatable bonds is 4. The third kappa shape index (κ3) is 4.71. The van der Waals surface area contributed by atoms with Gasteiger partial charge in [0.2, 0.25) is 0 Å². The molecule has 1 saturated heterocycles. The van der Waals surface area contributed by atoms with Crippen LogP contribution in [0.5, 0.6) is 0 Å². The fourth-order valence-corrected chi connectivity index (χ4v) is 4.40. The van der Waals surface area contributed by atoms with Gasteiger partial charge in [0.1, 0.15) is 5.82 Å². The minimum absolute atomic E-state index is 0.243. The number of benzene rings is 2. The molecule has 0 bridgehead atoms. The molecule has 0 unspecified atom stereocenters. The van der Waals surface area contributed by atoms with Crippen LogP contribution in [0.25, 0.3) is 17.3 Å². The van der Waals surface area contributed by atoms with Crippen LogP contribution in [0, 0.1) is 5.82 Å². The SMILES string of the molecule is O=C(NN1CCCCC1)c1nn(-c2ccc(Cl)cc2)c2c1COCC2=Cc1ccc(F)cc1. The summed E-state index contributed by atoms with van der Waals surface area (Å²) in [6.07, 6.45) is 5.24. The number of hydrogen-bond acceptors (Lipinski definition) is 4. The smallest absolute Gasteiger partial charge is 0.286 e. The van der Waals surface area contributed by atoms with Gasteiger partial charge in [0.15, 0.2) is 5.69 Å². The number of nitrogens with one attached hydrogen (secondary N) is 1. The summed E-state index contributed by atoms with van der Waals surface area (Å²) in [7, 11) is 0. The number of fused-ring (bicyclic) bond motifs is 1. The van der Waals surface area contributed by atoms with E-state index in [-0.39, 0.29) is 18.3 Å². The average molecular weight is 467 g/mol. The summed E-state index contributed by atoms with van der Waals surface area (Å²) >= 11 is 6.09. The number of hydrazine groups is 1. The summed E-state index contributed by atoms with van der Waals surface area (Å²) in [6.45, 7) is 2.30. The van der Waals surface area contributed by atoms with Crippen LogP contribution in [-0.2, 0) is 11.3 Å². The maximum absolute atomic E-state index is 13.4. The Bertz CT molecular complexity index is 1180. The molecule has 0 aliphatic carbocycles. The first-order chi connectivity index (χ1) is 16.1. The third-order valence-electron chi connectivity index (χ3n) is 5.90. The lowest BCUT2D eigenvalue weighted by Crippen LogP contribution is -2.45. The molecule has 6 nitrogen and oxygen atoms in total. The van der Waals surface area contributed by atoms with Gasteiger partial charge in [0.25, 0.3) is 5.91 Å². The van der Waals surface area contributed by atoms with E-state index in [0.29, 0.717) is 17.3 Å². The minimum atomic E-state index is -0.291. The molecular formula is C25H24ClFN4O2. The summed E-state index contributed by atoms with van der Waals surface area (Å²) in [5.41, 5.74) is 7.40. The van der Waals surface area contributed by atoms with Crippen molar-refractivity contribution >= 4 is 29.2 Å². The first kappa shape index (κ1) is 21.8. The Hall–Kier alpha value is -3.00. The fourth-order valence-electron chi connectivity index (χ4n) is 4.27. The molecule has 0 radical (unpaired) electrons. The molecule has 1 aromatic heterocycles. The maximum atomic E-state index is 13.4. The molecule has 1 N–H and O–H groups in total. The highest BCUT2D eigenvalue weighted by atomic mass is 35.5. The lowest BCUT2D eigenvalue weighted by atomic mass is 10.0. The molecule has 3 aromatic rings. The third-order valence-corrected chi connectivity index (χ3v) is 6.16. The summed E-state index contributed by atoms with van der Waals surface area (Å²) in [6, 6.07) is 13.6. The second-order valence-electron chi connectivity index (χ2n) is 8.27. The van der Waals surface area contributed by atoms with E-state index >= 15 is 0 Å². The monoisotopic (exact) mass is 466 g/mol. The van der Waals surface area contributed by atoms with Crippen molar-refractivity contribution in [2.75, 3.05) is 19.7 Å². The number of piperidine rings is 1. The van der Waals surface area contributed by atoms with Crippen molar-refractivity contribution in [3.63, 3.8) is 0 Å². The van der Waals surface area contributed by atoms with Gasteiger partial charge in [-0.1, -0.05) is 30.2 Å². The van der Waals surface area contributed by atoms with Gasteiger partial charge in [-0.3, -0.25) is 10.2 Å². The van der Waals surface area contributed by atoms with Crippen molar-refractivity contribution in [3.8, 4) is 5.69 Å². The zero-order valence-electron chi connectivity index (χ0n) is 18.1. The Kier molecular flexibility index (Phi) is 6.26. The Balaban J connectivity index is 1.58. The van der Waals surface area contributed by atoms with Crippen LogP contribution < -0.4 is 5.43 Å². The van der Waals surface area contributed by atoms with Gasteiger partial charge in [0.05, 0.1) is 24.6 Å². The lowest BCUT2D eigenvalue weighted by Gasteiger charge is -2.26. The van der Waals surface area contributed by atoms with Crippen molar-refractivity contribution in [3.05, 3.63) is 81.9 Å². The van der Waals surface area contributed by atoms with Gasteiger partial charge in [-0.25, -0.2) is 14.1 Å². The Morgan fingerprint density at radius 3 is 2.48 bits per heavy atom. The van der Waals surface area contributed by atoms with Gasteiger partial charge >= 0.3 is 0 Å². The van der Waals surface area contributed by atoms with E-state index in [4.69, 9.17) is 21.4 Å². The standard InChI is InChI=1S/C25H24ClFN4O2/c26-19-6-10-21(11-7-19)31-24-18(14-17-4-8-20(27)9-5-17)15-33-16-22(24)23(28-31)25(32)29-30-12-2-1-3-13-30/h4-11,14H,1-3,12-13,15-16H2,(H,29,32). The van der Waals surface area contributed by atoms with Gasteiger partial charge in [0, 0.05) is 29.2 Å². The van der Waals surface area contributed by atoms with Crippen LogP contribution >= 0.6 is 11.6 Å². The van der Waals surface area contributed by atoms with E-state index in [1.54, 1.807) is 28.9 Å². The molecule has 170 valence electrons. The molecule has 2 aliphatic rings. The lowest BCUT2D eigenvalue weighted by molar-refractivity contribution is 0.0738. The second kappa shape index (κ2) is 9.47. The van der Waals surface area contributed by atoms with Crippen LogP contribution in [0.4, 0.5) is 4.39 Å². The maximum Gasteiger partial charge on any atom is 0.286 e. The van der Waals surface area contributed by atoms with Gasteiger partial charge in [-0.05, 0) is 60.9 Å². The number of carbonyl (C=O) groups is 1. The molecule has 0 saturated carbocycles. The largest absolute Gasteiger partial charge is 0.372 e. The van der Waals surface area contributed by atoms with E-state index in [9.17, 15) is 9.18 Å². The van der Waals surface area contributed by atoms with Gasteiger partial charge < -0.3 is 4.74 Å². The number of carbonyl (C=O) groups excluding carboxylic acids is 1. The number of hydrogen-bond donors (Lipinski definition) is 1. The Morgan fingerprint density at radius 1 is 1.03 bits per heavy atom. The van der Waals surface area contributed by atoms with Gasteiger partial charge in [-0.2, -0.15) is 5.10 Å².